The van der Waals surface area contributed by atoms with Crippen LogP contribution in [0.2, 0.25) is 0 Å². The van der Waals surface area contributed by atoms with Crippen molar-refractivity contribution >= 4 is 28.5 Å². The van der Waals surface area contributed by atoms with Crippen LogP contribution in [0, 0.1) is 13.8 Å². The van der Waals surface area contributed by atoms with Crippen LogP contribution in [0.25, 0.3) is 10.8 Å². The molecular formula is C26H29N3O4. The summed E-state index contributed by atoms with van der Waals surface area (Å²) in [7, 11) is 0. The zero-order valence-electron chi connectivity index (χ0n) is 19.3. The molecule has 2 heterocycles. The van der Waals surface area contributed by atoms with Crippen LogP contribution in [0.1, 0.15) is 47.3 Å². The average molecular weight is 448 g/mol. The number of likely N-dealkylation sites (tertiary alicyclic amines) is 1. The largest absolute Gasteiger partial charge is 0.450 e. The van der Waals surface area contributed by atoms with E-state index in [1.54, 1.807) is 34.7 Å². The first-order valence-electron chi connectivity index (χ1n) is 11.3. The molecule has 2 amide bonds. The van der Waals surface area contributed by atoms with Crippen LogP contribution in [-0.4, -0.2) is 41.2 Å². The summed E-state index contributed by atoms with van der Waals surface area (Å²) in [6, 6.07) is 13.1. The van der Waals surface area contributed by atoms with Crippen molar-refractivity contribution in [1.29, 1.82) is 0 Å². The zero-order valence-corrected chi connectivity index (χ0v) is 19.3. The summed E-state index contributed by atoms with van der Waals surface area (Å²) in [5.74, 6) is -0.195. The lowest BCUT2D eigenvalue weighted by Crippen LogP contribution is -2.41. The fraction of sp³-hybridized carbons (Fsp3) is 0.346. The Hall–Kier alpha value is -3.61. The Bertz CT molecular complexity index is 1260. The number of piperidine rings is 1. The van der Waals surface area contributed by atoms with Gasteiger partial charge in [0.15, 0.2) is 0 Å². The molecule has 2 aromatic carbocycles. The van der Waals surface area contributed by atoms with Gasteiger partial charge in [-0.05, 0) is 63.4 Å². The fourth-order valence-electron chi connectivity index (χ4n) is 4.40. The summed E-state index contributed by atoms with van der Waals surface area (Å²) >= 11 is 0. The molecule has 7 nitrogen and oxygen atoms in total. The Kier molecular flexibility index (Phi) is 6.49. The smallest absolute Gasteiger partial charge is 0.409 e. The SMILES string of the molecule is CCOC(=O)N1CCC(n2ccc3c(NC(=O)c4cc(C)ccc4C)cccc3c2=O)CC1. The highest BCUT2D eigenvalue weighted by atomic mass is 16.6. The molecule has 0 unspecified atom stereocenters. The highest BCUT2D eigenvalue weighted by Crippen LogP contribution is 2.26. The minimum absolute atomic E-state index is 0.0146. The quantitative estimate of drug-likeness (QED) is 0.631. The molecule has 3 aromatic rings. The number of carbonyl (C=O) groups excluding carboxylic acids is 2. The van der Waals surface area contributed by atoms with Crippen molar-refractivity contribution in [2.24, 2.45) is 0 Å². The average Bonchev–Trinajstić information content (AvgIpc) is 2.81. The number of amides is 2. The van der Waals surface area contributed by atoms with Gasteiger partial charge in [-0.2, -0.15) is 0 Å². The van der Waals surface area contributed by atoms with E-state index in [-0.39, 0.29) is 23.6 Å². The van der Waals surface area contributed by atoms with E-state index in [2.05, 4.69) is 5.32 Å². The number of hydrogen-bond acceptors (Lipinski definition) is 4. The fourth-order valence-corrected chi connectivity index (χ4v) is 4.40. The number of fused-ring (bicyclic) bond motifs is 1. The maximum atomic E-state index is 13.3. The van der Waals surface area contributed by atoms with Crippen molar-refractivity contribution in [1.82, 2.24) is 9.47 Å². The third-order valence-electron chi connectivity index (χ3n) is 6.24. The number of anilines is 1. The van der Waals surface area contributed by atoms with E-state index in [4.69, 9.17) is 4.74 Å². The van der Waals surface area contributed by atoms with Gasteiger partial charge in [-0.25, -0.2) is 4.79 Å². The van der Waals surface area contributed by atoms with Crippen molar-refractivity contribution in [3.05, 3.63) is 75.7 Å². The summed E-state index contributed by atoms with van der Waals surface area (Å²) in [6.07, 6.45) is 2.87. The lowest BCUT2D eigenvalue weighted by Gasteiger charge is -2.32. The molecule has 0 radical (unpaired) electrons. The van der Waals surface area contributed by atoms with Gasteiger partial charge >= 0.3 is 6.09 Å². The molecule has 4 rings (SSSR count). The van der Waals surface area contributed by atoms with Gasteiger partial charge in [0.1, 0.15) is 0 Å². The number of pyridine rings is 1. The minimum Gasteiger partial charge on any atom is -0.450 e. The number of rotatable bonds is 4. The summed E-state index contributed by atoms with van der Waals surface area (Å²) in [5.41, 5.74) is 3.05. The van der Waals surface area contributed by atoms with Crippen molar-refractivity contribution in [3.8, 4) is 0 Å². The van der Waals surface area contributed by atoms with Crippen LogP contribution in [0.15, 0.2) is 53.5 Å². The number of benzene rings is 2. The first-order chi connectivity index (χ1) is 15.9. The number of aryl methyl sites for hydroxylation is 2. The lowest BCUT2D eigenvalue weighted by molar-refractivity contribution is 0.0923. The third kappa shape index (κ3) is 4.62. The molecule has 33 heavy (non-hydrogen) atoms. The zero-order chi connectivity index (χ0) is 23.5. The van der Waals surface area contributed by atoms with Gasteiger partial charge in [0.2, 0.25) is 0 Å². The lowest BCUT2D eigenvalue weighted by atomic mass is 10.0. The van der Waals surface area contributed by atoms with Gasteiger partial charge in [0.25, 0.3) is 11.5 Å². The Balaban J connectivity index is 1.57. The summed E-state index contributed by atoms with van der Waals surface area (Å²) < 4.78 is 6.83. The van der Waals surface area contributed by atoms with Gasteiger partial charge in [-0.3, -0.25) is 9.59 Å². The Morgan fingerprint density at radius 3 is 2.55 bits per heavy atom. The topological polar surface area (TPSA) is 80.6 Å². The Morgan fingerprint density at radius 1 is 1.06 bits per heavy atom. The second-order valence-corrected chi connectivity index (χ2v) is 8.48. The molecule has 7 heteroatoms. The molecule has 1 N–H and O–H groups in total. The van der Waals surface area contributed by atoms with E-state index in [0.29, 0.717) is 54.6 Å². The Labute approximate surface area is 193 Å². The first kappa shape index (κ1) is 22.6. The Morgan fingerprint density at radius 2 is 1.82 bits per heavy atom. The molecule has 0 spiro atoms. The van der Waals surface area contributed by atoms with Crippen LogP contribution in [0.3, 0.4) is 0 Å². The standard InChI is InChI=1S/C26H29N3O4/c1-4-33-26(32)28-13-10-19(11-14-28)29-15-12-20-21(25(29)31)6-5-7-23(20)27-24(30)22-16-17(2)8-9-18(22)3/h5-9,12,15-16,19H,4,10-11,13-14H2,1-3H3,(H,27,30). The number of nitrogens with zero attached hydrogens (tertiary/aromatic N) is 2. The second kappa shape index (κ2) is 9.48. The van der Waals surface area contributed by atoms with E-state index in [1.807, 2.05) is 44.2 Å². The predicted molar refractivity (Wildman–Crippen MR) is 129 cm³/mol. The van der Waals surface area contributed by atoms with Crippen molar-refractivity contribution in [2.75, 3.05) is 25.0 Å². The van der Waals surface area contributed by atoms with Gasteiger partial charge in [0.05, 0.1) is 6.61 Å². The summed E-state index contributed by atoms with van der Waals surface area (Å²) in [5, 5.41) is 4.25. The number of ether oxygens (including phenoxy) is 1. The van der Waals surface area contributed by atoms with E-state index in [0.717, 1.165) is 11.1 Å². The second-order valence-electron chi connectivity index (χ2n) is 8.48. The van der Waals surface area contributed by atoms with Crippen LogP contribution < -0.4 is 10.9 Å². The summed E-state index contributed by atoms with van der Waals surface area (Å²) in [4.78, 5) is 39.9. The molecule has 0 aliphatic carbocycles. The van der Waals surface area contributed by atoms with E-state index < -0.39 is 0 Å². The molecule has 1 aromatic heterocycles. The molecular weight excluding hydrogens is 418 g/mol. The third-order valence-corrected chi connectivity index (χ3v) is 6.24. The normalized spacial score (nSPS) is 14.3. The van der Waals surface area contributed by atoms with E-state index in [1.165, 1.54) is 0 Å². The van der Waals surface area contributed by atoms with Crippen LogP contribution in [0.4, 0.5) is 10.5 Å². The molecule has 1 saturated heterocycles. The number of aromatic nitrogens is 1. The molecule has 0 atom stereocenters. The summed E-state index contributed by atoms with van der Waals surface area (Å²) in [6.45, 7) is 7.11. The molecule has 1 fully saturated rings. The monoisotopic (exact) mass is 447 g/mol. The predicted octanol–water partition coefficient (Wildman–Crippen LogP) is 4.66. The van der Waals surface area contributed by atoms with E-state index in [9.17, 15) is 14.4 Å². The van der Waals surface area contributed by atoms with Gasteiger partial charge < -0.3 is 19.5 Å². The van der Waals surface area contributed by atoms with Gasteiger partial charge in [-0.1, -0.05) is 23.8 Å². The highest BCUT2D eigenvalue weighted by Gasteiger charge is 2.25. The van der Waals surface area contributed by atoms with Gasteiger partial charge in [0, 0.05) is 47.4 Å². The maximum absolute atomic E-state index is 13.3. The van der Waals surface area contributed by atoms with Crippen LogP contribution in [0.5, 0.6) is 0 Å². The molecule has 1 aliphatic heterocycles. The molecule has 172 valence electrons. The molecule has 1 aliphatic rings. The molecule has 0 saturated carbocycles. The number of hydrogen-bond donors (Lipinski definition) is 1. The van der Waals surface area contributed by atoms with Crippen LogP contribution >= 0.6 is 0 Å². The van der Waals surface area contributed by atoms with Gasteiger partial charge in [-0.15, -0.1) is 0 Å². The maximum Gasteiger partial charge on any atom is 0.409 e. The first-order valence-corrected chi connectivity index (χ1v) is 11.3. The van der Waals surface area contributed by atoms with E-state index >= 15 is 0 Å². The van der Waals surface area contributed by atoms with Crippen molar-refractivity contribution in [3.63, 3.8) is 0 Å². The highest BCUT2D eigenvalue weighted by molar-refractivity contribution is 6.09. The van der Waals surface area contributed by atoms with Crippen LogP contribution in [-0.2, 0) is 4.74 Å². The molecule has 0 bridgehead atoms. The van der Waals surface area contributed by atoms with Crippen molar-refractivity contribution in [2.45, 2.75) is 39.7 Å². The number of carbonyl (C=O) groups is 2. The van der Waals surface area contributed by atoms with Crippen molar-refractivity contribution < 1.29 is 14.3 Å². The minimum atomic E-state index is -0.300. The number of nitrogens with one attached hydrogen (secondary N) is 1.